The molecule has 5 nitrogen and oxygen atoms in total. The molecule has 1 aromatic heterocycles. The van der Waals surface area contributed by atoms with E-state index in [0.717, 1.165) is 29.1 Å². The Balaban J connectivity index is 1.68. The van der Waals surface area contributed by atoms with E-state index in [4.69, 9.17) is 14.2 Å². The highest BCUT2D eigenvalue weighted by atomic mass is 32.1. The van der Waals surface area contributed by atoms with Crippen molar-refractivity contribution >= 4 is 23.0 Å². The summed E-state index contributed by atoms with van der Waals surface area (Å²) in [5.74, 6) is 0.379. The average molecular weight is 438 g/mol. The van der Waals surface area contributed by atoms with Gasteiger partial charge in [0.1, 0.15) is 22.3 Å². The van der Waals surface area contributed by atoms with Crippen LogP contribution in [0.4, 0.5) is 5.69 Å². The van der Waals surface area contributed by atoms with Crippen LogP contribution in [0.25, 0.3) is 0 Å². The first kappa shape index (κ1) is 21.4. The molecule has 2 aromatic carbocycles. The third-order valence-electron chi connectivity index (χ3n) is 5.26. The summed E-state index contributed by atoms with van der Waals surface area (Å²) in [6.07, 6.45) is -1.09. The Hall–Kier alpha value is -2.83. The lowest BCUT2D eigenvalue weighted by Crippen LogP contribution is -2.51. The van der Waals surface area contributed by atoms with Crippen LogP contribution in [0.15, 0.2) is 66.0 Å². The van der Waals surface area contributed by atoms with Crippen LogP contribution in [0.3, 0.4) is 0 Å². The topological polar surface area (TPSA) is 56.8 Å². The molecule has 2 atom stereocenters. The van der Waals surface area contributed by atoms with Crippen molar-refractivity contribution in [2.75, 3.05) is 11.9 Å². The molecule has 0 amide bonds. The first-order chi connectivity index (χ1) is 15.0. The summed E-state index contributed by atoms with van der Waals surface area (Å²) in [6.45, 7) is 7.11. The molecule has 4 rings (SSSR count). The zero-order valence-electron chi connectivity index (χ0n) is 18.0. The minimum absolute atomic E-state index is 0.365. The lowest BCUT2D eigenvalue weighted by Gasteiger charge is -2.43. The van der Waals surface area contributed by atoms with Crippen molar-refractivity contribution in [2.24, 2.45) is 0 Å². The van der Waals surface area contributed by atoms with Crippen LogP contribution in [0, 0.1) is 0 Å². The molecule has 1 aliphatic heterocycles. The fraction of sp³-hybridized carbons (Fsp3) is 0.320. The van der Waals surface area contributed by atoms with Crippen LogP contribution >= 0.6 is 11.3 Å². The lowest BCUT2D eigenvalue weighted by atomic mass is 9.87. The molecule has 6 heteroatoms. The molecule has 0 bridgehead atoms. The summed E-state index contributed by atoms with van der Waals surface area (Å²) in [6, 6.07) is 19.6. The van der Waals surface area contributed by atoms with E-state index in [1.165, 1.54) is 11.3 Å². The largest absolute Gasteiger partial charge is 0.483 e. The average Bonchev–Trinajstić information content (AvgIpc) is 3.30. The van der Waals surface area contributed by atoms with Gasteiger partial charge in [0, 0.05) is 17.8 Å². The number of benzene rings is 2. The summed E-state index contributed by atoms with van der Waals surface area (Å²) >= 11 is 1.36. The van der Waals surface area contributed by atoms with E-state index >= 15 is 0 Å². The third-order valence-corrected chi connectivity index (χ3v) is 6.11. The Labute approximate surface area is 187 Å². The summed E-state index contributed by atoms with van der Waals surface area (Å²) in [5, 5.41) is 5.20. The maximum atomic E-state index is 12.8. The van der Waals surface area contributed by atoms with Gasteiger partial charge < -0.3 is 19.5 Å². The third kappa shape index (κ3) is 4.75. The molecule has 0 saturated carbocycles. The van der Waals surface area contributed by atoms with Gasteiger partial charge in [0.15, 0.2) is 6.10 Å². The van der Waals surface area contributed by atoms with Crippen molar-refractivity contribution in [3.05, 3.63) is 82.0 Å². The quantitative estimate of drug-likeness (QED) is 0.471. The number of ether oxygens (including phenoxy) is 3. The molecule has 0 aliphatic carbocycles. The number of esters is 1. The van der Waals surface area contributed by atoms with Gasteiger partial charge >= 0.3 is 5.97 Å². The summed E-state index contributed by atoms with van der Waals surface area (Å²) in [7, 11) is 0. The molecule has 0 fully saturated rings. The van der Waals surface area contributed by atoms with Gasteiger partial charge in [-0.1, -0.05) is 36.4 Å². The van der Waals surface area contributed by atoms with Crippen LogP contribution < -0.4 is 10.1 Å². The maximum absolute atomic E-state index is 12.8. The molecule has 162 valence electrons. The van der Waals surface area contributed by atoms with Crippen molar-refractivity contribution in [1.82, 2.24) is 0 Å². The second-order valence-corrected chi connectivity index (χ2v) is 8.96. The summed E-state index contributed by atoms with van der Waals surface area (Å²) in [5.41, 5.74) is 2.14. The van der Waals surface area contributed by atoms with Gasteiger partial charge in [-0.25, -0.2) is 4.79 Å². The van der Waals surface area contributed by atoms with Crippen molar-refractivity contribution in [2.45, 2.75) is 45.2 Å². The number of nitrogens with one attached hydrogen (secondary N) is 1. The van der Waals surface area contributed by atoms with Crippen LogP contribution in [0.2, 0.25) is 0 Å². The van der Waals surface area contributed by atoms with E-state index in [-0.39, 0.29) is 5.97 Å². The van der Waals surface area contributed by atoms with Crippen molar-refractivity contribution < 1.29 is 19.0 Å². The van der Waals surface area contributed by atoms with E-state index in [1.54, 1.807) is 6.07 Å². The van der Waals surface area contributed by atoms with E-state index in [0.29, 0.717) is 11.5 Å². The number of rotatable bonds is 7. The number of thiophene rings is 1. The van der Waals surface area contributed by atoms with Gasteiger partial charge in [-0.3, -0.25) is 0 Å². The van der Waals surface area contributed by atoms with Crippen molar-refractivity contribution in [1.29, 1.82) is 0 Å². The highest BCUT2D eigenvalue weighted by molar-refractivity contribution is 7.11. The molecule has 1 N–H and O–H groups in total. The van der Waals surface area contributed by atoms with E-state index in [2.05, 4.69) is 5.32 Å². The zero-order valence-corrected chi connectivity index (χ0v) is 18.8. The van der Waals surface area contributed by atoms with Gasteiger partial charge in [0.25, 0.3) is 0 Å². The Morgan fingerprint density at radius 1 is 1.13 bits per heavy atom. The molecule has 0 radical (unpaired) electrons. The highest BCUT2D eigenvalue weighted by Crippen LogP contribution is 2.45. The predicted octanol–water partition coefficient (Wildman–Crippen LogP) is 5.83. The number of anilines is 1. The van der Waals surface area contributed by atoms with Gasteiger partial charge in [-0.2, -0.15) is 0 Å². The summed E-state index contributed by atoms with van der Waals surface area (Å²) < 4.78 is 18.7. The number of carbonyl (C=O) groups excluding carboxylic acids is 1. The Bertz CT molecular complexity index is 1020. The van der Waals surface area contributed by atoms with Gasteiger partial charge in [0.05, 0.1) is 6.61 Å². The molecule has 2 heterocycles. The first-order valence-corrected chi connectivity index (χ1v) is 11.3. The smallest absolute Gasteiger partial charge is 0.348 e. The minimum atomic E-state index is -0.763. The Kier molecular flexibility index (Phi) is 6.30. The molecule has 31 heavy (non-hydrogen) atoms. The van der Waals surface area contributed by atoms with Gasteiger partial charge in [-0.05, 0) is 56.0 Å². The molecule has 3 aromatic rings. The van der Waals surface area contributed by atoms with Crippen LogP contribution in [-0.4, -0.2) is 24.2 Å². The normalized spacial score (nSPS) is 19.2. The Morgan fingerprint density at radius 3 is 2.65 bits per heavy atom. The number of hydrogen-bond acceptors (Lipinski definition) is 6. The van der Waals surface area contributed by atoms with Gasteiger partial charge in [0.2, 0.25) is 0 Å². The maximum Gasteiger partial charge on any atom is 0.348 e. The molecule has 2 unspecified atom stereocenters. The van der Waals surface area contributed by atoms with Crippen LogP contribution in [0.1, 0.15) is 47.7 Å². The minimum Gasteiger partial charge on any atom is -0.483 e. The highest BCUT2D eigenvalue weighted by Gasteiger charge is 2.47. The molecular formula is C25H27NO4S. The predicted molar refractivity (Wildman–Crippen MR) is 123 cm³/mol. The number of hydrogen-bond donors (Lipinski definition) is 1. The second kappa shape index (κ2) is 9.12. The van der Waals surface area contributed by atoms with E-state index in [9.17, 15) is 4.79 Å². The lowest BCUT2D eigenvalue weighted by molar-refractivity contribution is -0.143. The summed E-state index contributed by atoms with van der Waals surface area (Å²) in [4.78, 5) is 13.4. The molecule has 1 aliphatic rings. The van der Waals surface area contributed by atoms with E-state index in [1.807, 2.05) is 80.7 Å². The number of carbonyl (C=O) groups is 1. The monoisotopic (exact) mass is 437 g/mol. The fourth-order valence-electron chi connectivity index (χ4n) is 3.76. The molecular weight excluding hydrogens is 410 g/mol. The molecule has 0 saturated heterocycles. The standard InChI is InChI=1S/C25H27NO4S/c1-4-26-18-12-13-20-19(15-18)22(28-16-17-9-6-5-7-10-17)23(25(2,3)30-20)29-24(27)21-11-8-14-31-21/h5-15,22-23,26H,4,16H2,1-3H3. The van der Waals surface area contributed by atoms with Crippen molar-refractivity contribution in [3.8, 4) is 5.75 Å². The van der Waals surface area contributed by atoms with E-state index < -0.39 is 17.8 Å². The zero-order chi connectivity index (χ0) is 21.8. The first-order valence-electron chi connectivity index (χ1n) is 10.4. The van der Waals surface area contributed by atoms with Crippen molar-refractivity contribution in [3.63, 3.8) is 0 Å². The molecule has 0 spiro atoms. The van der Waals surface area contributed by atoms with Crippen LogP contribution in [0.5, 0.6) is 5.75 Å². The SMILES string of the molecule is CCNc1ccc2c(c1)C(OCc1ccccc1)C(OC(=O)c1cccs1)C(C)(C)O2. The van der Waals surface area contributed by atoms with Gasteiger partial charge in [-0.15, -0.1) is 11.3 Å². The number of fused-ring (bicyclic) bond motifs is 1. The van der Waals surface area contributed by atoms with Crippen LogP contribution in [-0.2, 0) is 16.1 Å². The second-order valence-electron chi connectivity index (χ2n) is 8.01. The Morgan fingerprint density at radius 2 is 1.94 bits per heavy atom. The fourth-order valence-corrected chi connectivity index (χ4v) is 4.36.